The van der Waals surface area contributed by atoms with Crippen LogP contribution >= 0.6 is 0 Å². The lowest BCUT2D eigenvalue weighted by Gasteiger charge is -2.34. The molecule has 0 radical (unpaired) electrons. The van der Waals surface area contributed by atoms with Crippen LogP contribution in [0.2, 0.25) is 0 Å². The lowest BCUT2D eigenvalue weighted by molar-refractivity contribution is 0.0619. The number of aromatic amines is 1. The SMILES string of the molecule is Cn1c(CN2CCN(C(=O)c3ccc[nH]3)CC2)nnc1C1CC(N)C1. The molecule has 1 aliphatic heterocycles. The highest BCUT2D eigenvalue weighted by Gasteiger charge is 2.32. The van der Waals surface area contributed by atoms with E-state index in [1.54, 1.807) is 6.20 Å². The number of nitrogens with two attached hydrogens (primary N) is 1. The summed E-state index contributed by atoms with van der Waals surface area (Å²) in [5, 5.41) is 8.75. The van der Waals surface area contributed by atoms with Crippen molar-refractivity contribution in [3.8, 4) is 0 Å². The van der Waals surface area contributed by atoms with E-state index in [1.807, 2.05) is 24.1 Å². The van der Waals surface area contributed by atoms with E-state index in [4.69, 9.17) is 5.73 Å². The molecule has 1 saturated carbocycles. The number of aromatic nitrogens is 4. The predicted octanol–water partition coefficient (Wildman–Crippen LogP) is 0.306. The minimum absolute atomic E-state index is 0.0758. The molecule has 8 heteroatoms. The Labute approximate surface area is 147 Å². The molecule has 2 fully saturated rings. The van der Waals surface area contributed by atoms with E-state index in [-0.39, 0.29) is 5.91 Å². The smallest absolute Gasteiger partial charge is 0.270 e. The number of H-pyrrole nitrogens is 1. The van der Waals surface area contributed by atoms with E-state index in [0.29, 0.717) is 17.7 Å². The normalized spacial score (nSPS) is 24.3. The first kappa shape index (κ1) is 16.3. The Morgan fingerprint density at radius 3 is 2.68 bits per heavy atom. The van der Waals surface area contributed by atoms with Crippen LogP contribution in [0.15, 0.2) is 18.3 Å². The number of nitrogens with zero attached hydrogens (tertiary/aromatic N) is 5. The van der Waals surface area contributed by atoms with E-state index < -0.39 is 0 Å². The quantitative estimate of drug-likeness (QED) is 0.833. The molecule has 2 aliphatic rings. The second-order valence-electron chi connectivity index (χ2n) is 7.11. The van der Waals surface area contributed by atoms with Crippen molar-refractivity contribution in [3.63, 3.8) is 0 Å². The number of amides is 1. The van der Waals surface area contributed by atoms with Crippen LogP contribution in [0.3, 0.4) is 0 Å². The lowest BCUT2D eigenvalue weighted by atomic mass is 9.80. The number of carbonyl (C=O) groups is 1. The van der Waals surface area contributed by atoms with E-state index >= 15 is 0 Å². The summed E-state index contributed by atoms with van der Waals surface area (Å²) >= 11 is 0. The second kappa shape index (κ2) is 6.61. The van der Waals surface area contributed by atoms with Crippen LogP contribution < -0.4 is 5.73 Å². The average Bonchev–Trinajstić information content (AvgIpc) is 3.24. The molecule has 0 unspecified atom stereocenters. The molecular formula is C17H25N7O. The molecule has 3 heterocycles. The molecule has 2 aromatic rings. The fraction of sp³-hybridized carbons (Fsp3) is 0.588. The lowest BCUT2D eigenvalue weighted by Crippen LogP contribution is -2.48. The zero-order chi connectivity index (χ0) is 17.4. The summed E-state index contributed by atoms with van der Waals surface area (Å²) in [6.45, 7) is 3.94. The Morgan fingerprint density at radius 1 is 1.28 bits per heavy atom. The monoisotopic (exact) mass is 343 g/mol. The van der Waals surface area contributed by atoms with Gasteiger partial charge < -0.3 is 20.2 Å². The molecule has 1 amide bonds. The highest BCUT2D eigenvalue weighted by atomic mass is 16.2. The standard InChI is InChI=1S/C17H25N7O/c1-22-15(20-21-16(22)12-9-13(18)10-12)11-23-5-7-24(8-6-23)17(25)14-3-2-4-19-14/h2-4,12-13,19H,5-11,18H2,1H3. The summed E-state index contributed by atoms with van der Waals surface area (Å²) in [4.78, 5) is 19.6. The second-order valence-corrected chi connectivity index (χ2v) is 7.11. The zero-order valence-corrected chi connectivity index (χ0v) is 14.6. The number of rotatable bonds is 4. The minimum Gasteiger partial charge on any atom is -0.357 e. The fourth-order valence-corrected chi connectivity index (χ4v) is 3.68. The van der Waals surface area contributed by atoms with Crippen molar-refractivity contribution in [1.29, 1.82) is 0 Å². The van der Waals surface area contributed by atoms with E-state index in [2.05, 4.69) is 24.6 Å². The van der Waals surface area contributed by atoms with Gasteiger partial charge in [-0.3, -0.25) is 9.69 Å². The minimum atomic E-state index is 0.0758. The van der Waals surface area contributed by atoms with E-state index in [9.17, 15) is 4.79 Å². The molecular weight excluding hydrogens is 318 g/mol. The highest BCUT2D eigenvalue weighted by molar-refractivity contribution is 5.92. The Morgan fingerprint density at radius 2 is 2.04 bits per heavy atom. The molecule has 4 rings (SSSR count). The molecule has 1 aliphatic carbocycles. The Hall–Kier alpha value is -2.19. The van der Waals surface area contributed by atoms with Crippen molar-refractivity contribution >= 4 is 5.91 Å². The van der Waals surface area contributed by atoms with Crippen LogP contribution in [-0.2, 0) is 13.6 Å². The van der Waals surface area contributed by atoms with Gasteiger partial charge in [-0.05, 0) is 25.0 Å². The molecule has 0 aromatic carbocycles. The van der Waals surface area contributed by atoms with Crippen molar-refractivity contribution < 1.29 is 4.79 Å². The van der Waals surface area contributed by atoms with Gasteiger partial charge in [0.1, 0.15) is 17.3 Å². The van der Waals surface area contributed by atoms with Gasteiger partial charge >= 0.3 is 0 Å². The topological polar surface area (TPSA) is 96.1 Å². The average molecular weight is 343 g/mol. The Kier molecular flexibility index (Phi) is 4.30. The van der Waals surface area contributed by atoms with Crippen LogP contribution in [0.1, 0.15) is 40.9 Å². The van der Waals surface area contributed by atoms with E-state index in [1.165, 1.54) is 0 Å². The summed E-state index contributed by atoms with van der Waals surface area (Å²) in [5.74, 6) is 2.57. The zero-order valence-electron chi connectivity index (χ0n) is 14.6. The first-order valence-electron chi connectivity index (χ1n) is 8.90. The Balaban J connectivity index is 1.32. The van der Waals surface area contributed by atoms with Crippen molar-refractivity contribution in [3.05, 3.63) is 35.7 Å². The molecule has 3 N–H and O–H groups in total. The molecule has 0 bridgehead atoms. The van der Waals surface area contributed by atoms with Gasteiger partial charge in [0.15, 0.2) is 0 Å². The van der Waals surface area contributed by atoms with Crippen LogP contribution in [-0.4, -0.2) is 67.7 Å². The van der Waals surface area contributed by atoms with Gasteiger partial charge in [-0.2, -0.15) is 0 Å². The molecule has 1 saturated heterocycles. The predicted molar refractivity (Wildman–Crippen MR) is 92.9 cm³/mol. The van der Waals surface area contributed by atoms with Crippen LogP contribution in [0.25, 0.3) is 0 Å². The number of carbonyl (C=O) groups excluding carboxylic acids is 1. The van der Waals surface area contributed by atoms with Crippen molar-refractivity contribution in [1.82, 2.24) is 29.5 Å². The maximum absolute atomic E-state index is 12.4. The molecule has 8 nitrogen and oxygen atoms in total. The first-order chi connectivity index (χ1) is 12.1. The first-order valence-corrected chi connectivity index (χ1v) is 8.90. The summed E-state index contributed by atoms with van der Waals surface area (Å²) < 4.78 is 2.12. The van der Waals surface area contributed by atoms with Crippen LogP contribution in [0.4, 0.5) is 0 Å². The van der Waals surface area contributed by atoms with Crippen LogP contribution in [0, 0.1) is 0 Å². The van der Waals surface area contributed by atoms with Crippen molar-refractivity contribution in [2.75, 3.05) is 26.2 Å². The van der Waals surface area contributed by atoms with Crippen LogP contribution in [0.5, 0.6) is 0 Å². The molecule has 2 aromatic heterocycles. The summed E-state index contributed by atoms with van der Waals surface area (Å²) in [6.07, 6.45) is 3.79. The maximum atomic E-state index is 12.4. The van der Waals surface area contributed by atoms with Crippen molar-refractivity contribution in [2.45, 2.75) is 31.3 Å². The highest BCUT2D eigenvalue weighted by Crippen LogP contribution is 2.34. The summed E-state index contributed by atoms with van der Waals surface area (Å²) in [5.41, 5.74) is 6.54. The van der Waals surface area contributed by atoms with E-state index in [0.717, 1.165) is 57.2 Å². The number of piperazine rings is 1. The van der Waals surface area contributed by atoms with Gasteiger partial charge in [0, 0.05) is 51.4 Å². The largest absolute Gasteiger partial charge is 0.357 e. The van der Waals surface area contributed by atoms with Gasteiger partial charge in [0.05, 0.1) is 6.54 Å². The molecule has 0 atom stereocenters. The summed E-state index contributed by atoms with van der Waals surface area (Å²) in [6, 6.07) is 3.99. The van der Waals surface area contributed by atoms with Gasteiger partial charge in [-0.15, -0.1) is 10.2 Å². The Bertz CT molecular complexity index is 724. The molecule has 25 heavy (non-hydrogen) atoms. The number of nitrogens with one attached hydrogen (secondary N) is 1. The fourth-order valence-electron chi connectivity index (χ4n) is 3.68. The molecule has 134 valence electrons. The third kappa shape index (κ3) is 3.19. The van der Waals surface area contributed by atoms with Gasteiger partial charge in [0.2, 0.25) is 0 Å². The maximum Gasteiger partial charge on any atom is 0.270 e. The van der Waals surface area contributed by atoms with Crippen molar-refractivity contribution in [2.24, 2.45) is 12.8 Å². The number of hydrogen-bond donors (Lipinski definition) is 2. The van der Waals surface area contributed by atoms with Gasteiger partial charge in [-0.1, -0.05) is 0 Å². The van der Waals surface area contributed by atoms with Gasteiger partial charge in [0.25, 0.3) is 5.91 Å². The van der Waals surface area contributed by atoms with Gasteiger partial charge in [-0.25, -0.2) is 0 Å². The summed E-state index contributed by atoms with van der Waals surface area (Å²) in [7, 11) is 2.04. The third-order valence-corrected chi connectivity index (χ3v) is 5.39. The third-order valence-electron chi connectivity index (χ3n) is 5.39. The number of hydrogen-bond acceptors (Lipinski definition) is 5. The molecule has 0 spiro atoms.